The number of amides is 1. The minimum Gasteiger partial charge on any atom is -0.343 e. The quantitative estimate of drug-likeness (QED) is 0.690. The summed E-state index contributed by atoms with van der Waals surface area (Å²) < 4.78 is 0. The van der Waals surface area contributed by atoms with Crippen LogP contribution in [0, 0.1) is 0 Å². The fourth-order valence-electron chi connectivity index (χ4n) is 1.96. The minimum absolute atomic E-state index is 0.0327. The smallest absolute Gasteiger partial charge is 0.238 e. The van der Waals surface area contributed by atoms with Crippen molar-refractivity contribution in [3.05, 3.63) is 0 Å². The topological polar surface area (TPSA) is 49.6 Å². The Balaban J connectivity index is 2.39. The highest BCUT2D eigenvalue weighted by atomic mass is 16.2. The largest absolute Gasteiger partial charge is 0.343 e. The molecule has 0 aromatic heterocycles. The number of nitrogens with zero attached hydrogens (tertiary/aromatic N) is 2. The molecule has 4 nitrogen and oxygen atoms in total. The van der Waals surface area contributed by atoms with E-state index in [9.17, 15) is 4.79 Å². The fourth-order valence-corrected chi connectivity index (χ4v) is 1.96. The molecule has 4 heteroatoms. The summed E-state index contributed by atoms with van der Waals surface area (Å²) in [6, 6.07) is 0.134. The van der Waals surface area contributed by atoms with Gasteiger partial charge in [-0.3, -0.25) is 4.79 Å². The van der Waals surface area contributed by atoms with Gasteiger partial charge in [0.25, 0.3) is 0 Å². The van der Waals surface area contributed by atoms with E-state index in [4.69, 9.17) is 5.73 Å². The SMILES string of the molecule is C[C@H](N)C(=O)N(C)C[C@@H]1CCCN1C. The van der Waals surface area contributed by atoms with E-state index in [-0.39, 0.29) is 11.9 Å². The zero-order valence-corrected chi connectivity index (χ0v) is 9.36. The van der Waals surface area contributed by atoms with Crippen molar-refractivity contribution < 1.29 is 4.79 Å². The minimum atomic E-state index is -0.383. The number of likely N-dealkylation sites (N-methyl/N-ethyl adjacent to an activating group) is 2. The van der Waals surface area contributed by atoms with Crippen molar-refractivity contribution in [2.75, 3.05) is 27.2 Å². The molecule has 1 heterocycles. The Hall–Kier alpha value is -0.610. The van der Waals surface area contributed by atoms with Gasteiger partial charge in [-0.15, -0.1) is 0 Å². The summed E-state index contributed by atoms with van der Waals surface area (Å²) in [5.74, 6) is 0.0327. The normalized spacial score (nSPS) is 25.0. The molecule has 0 bridgehead atoms. The van der Waals surface area contributed by atoms with Crippen LogP contribution in [0.25, 0.3) is 0 Å². The van der Waals surface area contributed by atoms with Crippen molar-refractivity contribution in [3.8, 4) is 0 Å². The molecule has 1 aliphatic heterocycles. The first kappa shape index (κ1) is 11.5. The maximum atomic E-state index is 11.5. The van der Waals surface area contributed by atoms with Gasteiger partial charge in [-0.25, -0.2) is 0 Å². The predicted octanol–water partition coefficient (Wildman–Crippen LogP) is -0.114. The summed E-state index contributed by atoms with van der Waals surface area (Å²) in [6.45, 7) is 3.68. The van der Waals surface area contributed by atoms with E-state index in [2.05, 4.69) is 11.9 Å². The first-order chi connectivity index (χ1) is 6.52. The molecule has 0 aromatic rings. The van der Waals surface area contributed by atoms with Gasteiger partial charge in [0.15, 0.2) is 0 Å². The summed E-state index contributed by atoms with van der Waals surface area (Å²) >= 11 is 0. The average molecular weight is 199 g/mol. The molecule has 0 spiro atoms. The monoisotopic (exact) mass is 199 g/mol. The first-order valence-corrected chi connectivity index (χ1v) is 5.23. The van der Waals surface area contributed by atoms with E-state index < -0.39 is 0 Å². The third-order valence-corrected chi connectivity index (χ3v) is 2.92. The second-order valence-electron chi connectivity index (χ2n) is 4.28. The number of hydrogen-bond acceptors (Lipinski definition) is 3. The highest BCUT2D eigenvalue weighted by molar-refractivity contribution is 5.80. The highest BCUT2D eigenvalue weighted by Crippen LogP contribution is 2.15. The molecule has 1 fully saturated rings. The Morgan fingerprint density at radius 1 is 1.71 bits per heavy atom. The Morgan fingerprint density at radius 2 is 2.36 bits per heavy atom. The van der Waals surface area contributed by atoms with Crippen LogP contribution >= 0.6 is 0 Å². The fraction of sp³-hybridized carbons (Fsp3) is 0.900. The summed E-state index contributed by atoms with van der Waals surface area (Å²) in [5, 5.41) is 0. The van der Waals surface area contributed by atoms with E-state index >= 15 is 0 Å². The Kier molecular flexibility index (Phi) is 3.89. The lowest BCUT2D eigenvalue weighted by atomic mass is 10.2. The van der Waals surface area contributed by atoms with Crippen LogP contribution in [0.15, 0.2) is 0 Å². The summed E-state index contributed by atoms with van der Waals surface area (Å²) in [5.41, 5.74) is 5.54. The van der Waals surface area contributed by atoms with Gasteiger partial charge in [0.1, 0.15) is 0 Å². The molecule has 1 aliphatic rings. The van der Waals surface area contributed by atoms with Crippen LogP contribution in [0.3, 0.4) is 0 Å². The van der Waals surface area contributed by atoms with Crippen molar-refractivity contribution in [1.29, 1.82) is 0 Å². The lowest BCUT2D eigenvalue weighted by molar-refractivity contribution is -0.131. The predicted molar refractivity (Wildman–Crippen MR) is 56.9 cm³/mol. The summed E-state index contributed by atoms with van der Waals surface area (Å²) in [4.78, 5) is 15.6. The molecule has 2 atom stereocenters. The third-order valence-electron chi connectivity index (χ3n) is 2.92. The van der Waals surface area contributed by atoms with Crippen LogP contribution in [-0.2, 0) is 4.79 Å². The standard InChI is InChI=1S/C10H21N3O/c1-8(11)10(14)13(3)7-9-5-4-6-12(9)2/h8-9H,4-7,11H2,1-3H3/t8-,9-/m0/s1. The van der Waals surface area contributed by atoms with Gasteiger partial charge in [0, 0.05) is 19.6 Å². The van der Waals surface area contributed by atoms with Crippen LogP contribution in [0.1, 0.15) is 19.8 Å². The van der Waals surface area contributed by atoms with E-state index in [1.807, 2.05) is 7.05 Å². The number of carbonyl (C=O) groups excluding carboxylic acids is 1. The Labute approximate surface area is 86.0 Å². The molecule has 0 aliphatic carbocycles. The zero-order chi connectivity index (χ0) is 10.7. The summed E-state index contributed by atoms with van der Waals surface area (Å²) in [7, 11) is 3.94. The van der Waals surface area contributed by atoms with E-state index in [0.29, 0.717) is 6.04 Å². The first-order valence-electron chi connectivity index (χ1n) is 5.23. The van der Waals surface area contributed by atoms with Gasteiger partial charge < -0.3 is 15.5 Å². The zero-order valence-electron chi connectivity index (χ0n) is 9.36. The highest BCUT2D eigenvalue weighted by Gasteiger charge is 2.24. The Bertz CT molecular complexity index is 206. The molecule has 0 unspecified atom stereocenters. The maximum absolute atomic E-state index is 11.5. The maximum Gasteiger partial charge on any atom is 0.238 e. The van der Waals surface area contributed by atoms with Crippen molar-refractivity contribution in [2.24, 2.45) is 5.73 Å². The van der Waals surface area contributed by atoms with E-state index in [1.54, 1.807) is 11.8 Å². The van der Waals surface area contributed by atoms with Crippen molar-refractivity contribution >= 4 is 5.91 Å². The molecular formula is C10H21N3O. The van der Waals surface area contributed by atoms with Gasteiger partial charge >= 0.3 is 0 Å². The number of carbonyl (C=O) groups is 1. The molecule has 82 valence electrons. The van der Waals surface area contributed by atoms with Crippen molar-refractivity contribution in [3.63, 3.8) is 0 Å². The summed E-state index contributed by atoms with van der Waals surface area (Å²) in [6.07, 6.45) is 2.43. The lowest BCUT2D eigenvalue weighted by Gasteiger charge is -2.26. The second kappa shape index (κ2) is 4.75. The van der Waals surface area contributed by atoms with Crippen LogP contribution in [-0.4, -0.2) is 55.0 Å². The molecular weight excluding hydrogens is 178 g/mol. The molecule has 14 heavy (non-hydrogen) atoms. The van der Waals surface area contributed by atoms with Gasteiger partial charge in [-0.1, -0.05) is 0 Å². The molecule has 1 saturated heterocycles. The van der Waals surface area contributed by atoms with Gasteiger partial charge in [0.05, 0.1) is 6.04 Å². The van der Waals surface area contributed by atoms with Crippen LogP contribution in [0.2, 0.25) is 0 Å². The number of hydrogen-bond donors (Lipinski definition) is 1. The van der Waals surface area contributed by atoms with E-state index in [1.165, 1.54) is 12.8 Å². The van der Waals surface area contributed by atoms with Crippen molar-refractivity contribution in [1.82, 2.24) is 9.80 Å². The van der Waals surface area contributed by atoms with Crippen molar-refractivity contribution in [2.45, 2.75) is 31.8 Å². The molecule has 0 aromatic carbocycles. The van der Waals surface area contributed by atoms with Gasteiger partial charge in [0.2, 0.25) is 5.91 Å². The molecule has 2 N–H and O–H groups in total. The third kappa shape index (κ3) is 2.69. The molecule has 0 radical (unpaired) electrons. The van der Waals surface area contributed by atoms with Gasteiger partial charge in [-0.2, -0.15) is 0 Å². The van der Waals surface area contributed by atoms with E-state index in [0.717, 1.165) is 13.1 Å². The number of likely N-dealkylation sites (tertiary alicyclic amines) is 1. The van der Waals surface area contributed by atoms with Crippen LogP contribution in [0.5, 0.6) is 0 Å². The van der Waals surface area contributed by atoms with Crippen LogP contribution < -0.4 is 5.73 Å². The molecule has 0 saturated carbocycles. The van der Waals surface area contributed by atoms with Crippen LogP contribution in [0.4, 0.5) is 0 Å². The molecule has 1 rings (SSSR count). The van der Waals surface area contributed by atoms with Gasteiger partial charge in [-0.05, 0) is 33.4 Å². The second-order valence-corrected chi connectivity index (χ2v) is 4.28. The molecule has 1 amide bonds. The average Bonchev–Trinajstić information content (AvgIpc) is 2.50. The number of nitrogens with two attached hydrogens (primary N) is 1. The Morgan fingerprint density at radius 3 is 2.79 bits per heavy atom. The number of rotatable bonds is 3. The lowest BCUT2D eigenvalue weighted by Crippen LogP contribution is -2.45.